The van der Waals surface area contributed by atoms with E-state index in [1.807, 2.05) is 0 Å². The molecule has 1 saturated carbocycles. The van der Waals surface area contributed by atoms with Gasteiger partial charge in [-0.3, -0.25) is 4.79 Å². The van der Waals surface area contributed by atoms with E-state index in [0.717, 1.165) is 18.9 Å². The Balaban J connectivity index is 2.29. The Bertz CT molecular complexity index is 540. The zero-order chi connectivity index (χ0) is 15.7. The van der Waals surface area contributed by atoms with Crippen molar-refractivity contribution in [2.45, 2.75) is 31.9 Å². The summed E-state index contributed by atoms with van der Waals surface area (Å²) in [5.74, 6) is -0.421. The molecule has 0 unspecified atom stereocenters. The molecule has 1 aliphatic rings. The molecule has 3 N–H and O–H groups in total. The molecule has 0 atom stereocenters. The van der Waals surface area contributed by atoms with Crippen molar-refractivity contribution in [3.05, 3.63) is 28.2 Å². The minimum atomic E-state index is -4.53. The van der Waals surface area contributed by atoms with E-state index in [1.54, 1.807) is 0 Å². The topological polar surface area (TPSA) is 55.1 Å². The van der Waals surface area contributed by atoms with Crippen molar-refractivity contribution in [1.29, 1.82) is 0 Å². The van der Waals surface area contributed by atoms with Crippen LogP contribution in [0.4, 0.5) is 18.9 Å². The number of anilines is 1. The minimum absolute atomic E-state index is 0.150. The van der Waals surface area contributed by atoms with Crippen LogP contribution >= 0.6 is 15.9 Å². The second-order valence-corrected chi connectivity index (χ2v) is 6.25. The average Bonchev–Trinajstić information content (AvgIpc) is 2.89. The van der Waals surface area contributed by atoms with Crippen molar-refractivity contribution >= 4 is 27.5 Å². The van der Waals surface area contributed by atoms with Crippen LogP contribution in [0, 0.1) is 5.41 Å². The number of hydrogen-bond acceptors (Lipinski definition) is 2. The second-order valence-electron chi connectivity index (χ2n) is 5.33. The van der Waals surface area contributed by atoms with Crippen LogP contribution in [-0.4, -0.2) is 12.5 Å². The van der Waals surface area contributed by atoms with Gasteiger partial charge in [-0.1, -0.05) is 28.8 Å². The minimum Gasteiger partial charge on any atom is -0.329 e. The number of carbonyl (C=O) groups is 1. The number of hydrogen-bond donors (Lipinski definition) is 2. The number of nitrogens with two attached hydrogens (primary N) is 1. The van der Waals surface area contributed by atoms with Gasteiger partial charge >= 0.3 is 6.18 Å². The Hall–Kier alpha value is -1.08. The molecule has 1 aromatic rings. The van der Waals surface area contributed by atoms with Gasteiger partial charge in [0.05, 0.1) is 16.7 Å². The predicted octanol–water partition coefficient (Wildman–Crippen LogP) is 3.93. The Labute approximate surface area is 129 Å². The van der Waals surface area contributed by atoms with E-state index in [4.69, 9.17) is 5.73 Å². The first-order valence-corrected chi connectivity index (χ1v) is 7.46. The molecule has 1 aliphatic carbocycles. The highest BCUT2D eigenvalue weighted by Gasteiger charge is 2.41. The molecule has 1 amide bonds. The number of halogens is 4. The summed E-state index contributed by atoms with van der Waals surface area (Å²) in [6.07, 6.45) is -1.55. The maximum atomic E-state index is 13.0. The molecule has 7 heteroatoms. The molecule has 116 valence electrons. The maximum absolute atomic E-state index is 13.0. The van der Waals surface area contributed by atoms with E-state index in [9.17, 15) is 18.0 Å². The lowest BCUT2D eigenvalue weighted by Gasteiger charge is -2.26. The summed E-state index contributed by atoms with van der Waals surface area (Å²) >= 11 is 3.01. The lowest BCUT2D eigenvalue weighted by molar-refractivity contribution is -0.137. The highest BCUT2D eigenvalue weighted by atomic mass is 79.9. The molecule has 0 spiro atoms. The van der Waals surface area contributed by atoms with E-state index in [1.165, 1.54) is 12.1 Å². The van der Waals surface area contributed by atoms with Gasteiger partial charge in [-0.25, -0.2) is 0 Å². The highest BCUT2D eigenvalue weighted by Crippen LogP contribution is 2.40. The van der Waals surface area contributed by atoms with Gasteiger partial charge in [0, 0.05) is 11.0 Å². The van der Waals surface area contributed by atoms with E-state index in [2.05, 4.69) is 21.2 Å². The molecule has 0 radical (unpaired) electrons. The molecule has 3 nitrogen and oxygen atoms in total. The fourth-order valence-corrected chi connectivity index (χ4v) is 3.05. The van der Waals surface area contributed by atoms with E-state index in [-0.39, 0.29) is 12.2 Å². The Kier molecular flexibility index (Phi) is 4.63. The molecule has 1 aromatic carbocycles. The largest absolute Gasteiger partial charge is 0.418 e. The quantitative estimate of drug-likeness (QED) is 0.853. The summed E-state index contributed by atoms with van der Waals surface area (Å²) in [5.41, 5.74) is 3.85. The molecule has 0 heterocycles. The molecule has 1 fully saturated rings. The zero-order valence-corrected chi connectivity index (χ0v) is 12.9. The van der Waals surface area contributed by atoms with Crippen LogP contribution in [0.2, 0.25) is 0 Å². The van der Waals surface area contributed by atoms with Crippen molar-refractivity contribution in [3.63, 3.8) is 0 Å². The van der Waals surface area contributed by atoms with Gasteiger partial charge in [0.1, 0.15) is 0 Å². The summed E-state index contributed by atoms with van der Waals surface area (Å²) in [4.78, 5) is 12.4. The molecule has 0 aliphatic heterocycles. The van der Waals surface area contributed by atoms with Crippen LogP contribution in [-0.2, 0) is 11.0 Å². The first kappa shape index (κ1) is 16.3. The van der Waals surface area contributed by atoms with Crippen molar-refractivity contribution in [2.24, 2.45) is 11.1 Å². The second kappa shape index (κ2) is 5.96. The van der Waals surface area contributed by atoms with Crippen molar-refractivity contribution in [3.8, 4) is 0 Å². The molecule has 0 aromatic heterocycles. The number of nitrogens with one attached hydrogen (secondary N) is 1. The monoisotopic (exact) mass is 364 g/mol. The Morgan fingerprint density at radius 2 is 1.95 bits per heavy atom. The first-order chi connectivity index (χ1) is 9.78. The molecule has 0 saturated heterocycles. The summed E-state index contributed by atoms with van der Waals surface area (Å²) in [5, 5.41) is 2.42. The SMILES string of the molecule is NCC1(C(=O)Nc2ccc(Br)cc2C(F)(F)F)CCCC1. The maximum Gasteiger partial charge on any atom is 0.418 e. The van der Waals surface area contributed by atoms with Gasteiger partial charge in [0.25, 0.3) is 0 Å². The van der Waals surface area contributed by atoms with Crippen molar-refractivity contribution in [1.82, 2.24) is 0 Å². The number of amides is 1. The third-order valence-electron chi connectivity index (χ3n) is 3.97. The van der Waals surface area contributed by atoms with Gasteiger partial charge in [-0.2, -0.15) is 13.2 Å². The number of alkyl halides is 3. The highest BCUT2D eigenvalue weighted by molar-refractivity contribution is 9.10. The van der Waals surface area contributed by atoms with Crippen LogP contribution in [0.5, 0.6) is 0 Å². The normalized spacial score (nSPS) is 17.8. The van der Waals surface area contributed by atoms with Gasteiger partial charge in [-0.05, 0) is 31.0 Å². The fraction of sp³-hybridized carbons (Fsp3) is 0.500. The van der Waals surface area contributed by atoms with Gasteiger partial charge < -0.3 is 11.1 Å². The van der Waals surface area contributed by atoms with Crippen LogP contribution in [0.1, 0.15) is 31.2 Å². The lowest BCUT2D eigenvalue weighted by atomic mass is 9.85. The van der Waals surface area contributed by atoms with E-state index >= 15 is 0 Å². The zero-order valence-electron chi connectivity index (χ0n) is 11.3. The summed E-state index contributed by atoms with van der Waals surface area (Å²) in [6, 6.07) is 3.68. The number of benzene rings is 1. The van der Waals surface area contributed by atoms with Crippen LogP contribution in [0.25, 0.3) is 0 Å². The number of rotatable bonds is 3. The average molecular weight is 365 g/mol. The molecular formula is C14H16BrF3N2O. The van der Waals surface area contributed by atoms with Crippen molar-refractivity contribution < 1.29 is 18.0 Å². The van der Waals surface area contributed by atoms with Crippen LogP contribution in [0.3, 0.4) is 0 Å². The molecule has 2 rings (SSSR count). The van der Waals surface area contributed by atoms with Gasteiger partial charge in [-0.15, -0.1) is 0 Å². The first-order valence-electron chi connectivity index (χ1n) is 6.67. The van der Waals surface area contributed by atoms with Gasteiger partial charge in [0.2, 0.25) is 5.91 Å². The summed E-state index contributed by atoms with van der Waals surface area (Å²) < 4.78 is 39.4. The smallest absolute Gasteiger partial charge is 0.329 e. The summed E-state index contributed by atoms with van der Waals surface area (Å²) in [7, 11) is 0. The number of carbonyl (C=O) groups excluding carboxylic acids is 1. The van der Waals surface area contributed by atoms with Crippen LogP contribution < -0.4 is 11.1 Å². The summed E-state index contributed by atoms with van der Waals surface area (Å²) in [6.45, 7) is 0.150. The standard InChI is InChI=1S/C14H16BrF3N2O/c15-9-3-4-11(10(7-9)14(16,17)18)20-12(21)13(8-19)5-1-2-6-13/h3-4,7H,1-2,5-6,8,19H2,(H,20,21). The van der Waals surface area contributed by atoms with Crippen molar-refractivity contribution in [2.75, 3.05) is 11.9 Å². The fourth-order valence-electron chi connectivity index (χ4n) is 2.69. The van der Waals surface area contributed by atoms with Crippen LogP contribution in [0.15, 0.2) is 22.7 Å². The third-order valence-corrected chi connectivity index (χ3v) is 4.46. The molecular weight excluding hydrogens is 349 g/mol. The third kappa shape index (κ3) is 3.40. The molecule has 21 heavy (non-hydrogen) atoms. The molecule has 0 bridgehead atoms. The predicted molar refractivity (Wildman–Crippen MR) is 77.7 cm³/mol. The Morgan fingerprint density at radius 1 is 1.33 bits per heavy atom. The van der Waals surface area contributed by atoms with E-state index in [0.29, 0.717) is 17.3 Å². The Morgan fingerprint density at radius 3 is 2.48 bits per heavy atom. The van der Waals surface area contributed by atoms with Gasteiger partial charge in [0.15, 0.2) is 0 Å². The van der Waals surface area contributed by atoms with E-state index < -0.39 is 23.1 Å². The lowest BCUT2D eigenvalue weighted by Crippen LogP contribution is -2.40.